The molecule has 12 heteroatoms. The predicted octanol–water partition coefficient (Wildman–Crippen LogP) is 5.39. The third-order valence-electron chi connectivity index (χ3n) is 6.04. The van der Waals surface area contributed by atoms with E-state index in [9.17, 15) is 26.5 Å². The van der Waals surface area contributed by atoms with E-state index in [0.29, 0.717) is 16.5 Å². The number of hydrogen-bond acceptors (Lipinski definition) is 9. The second kappa shape index (κ2) is 9.93. The fourth-order valence-electron chi connectivity index (χ4n) is 4.20. The van der Waals surface area contributed by atoms with Gasteiger partial charge in [0.15, 0.2) is 11.5 Å². The molecule has 1 atom stereocenters. The van der Waals surface area contributed by atoms with Gasteiger partial charge >= 0.3 is 24.5 Å². The smallest absolute Gasteiger partial charge is 0.351 e. The zero-order valence-electron chi connectivity index (χ0n) is 19.8. The highest BCUT2D eigenvalue weighted by molar-refractivity contribution is 8.04. The second-order valence-electron chi connectivity index (χ2n) is 8.38. The predicted molar refractivity (Wildman–Crippen MR) is 143 cm³/mol. The maximum absolute atomic E-state index is 12.6. The molecule has 5 rings (SSSR count). The molecular weight excluding hydrogens is 548 g/mol. The van der Waals surface area contributed by atoms with E-state index in [-0.39, 0.29) is 11.5 Å². The van der Waals surface area contributed by atoms with E-state index in [4.69, 9.17) is 14.7 Å². The van der Waals surface area contributed by atoms with Gasteiger partial charge in [0, 0.05) is 10.8 Å². The molecule has 3 N–H and O–H groups in total. The number of ether oxygens (including phenoxy) is 2. The molecule has 0 aliphatic heterocycles. The largest absolute Gasteiger partial charge is 0.453 e. The monoisotopic (exact) mass is 568 g/mol. The van der Waals surface area contributed by atoms with Crippen LogP contribution in [0.25, 0.3) is 21.5 Å². The van der Waals surface area contributed by atoms with E-state index in [2.05, 4.69) is 4.33 Å². The quantitative estimate of drug-likeness (QED) is 0.126. The number of benzene rings is 5. The zero-order chi connectivity index (χ0) is 27.8. The van der Waals surface area contributed by atoms with Crippen LogP contribution in [0.4, 0.5) is 0 Å². The lowest BCUT2D eigenvalue weighted by molar-refractivity contribution is -0.136. The van der Waals surface area contributed by atoms with Gasteiger partial charge in [-0.1, -0.05) is 78.9 Å². The van der Waals surface area contributed by atoms with Crippen LogP contribution in [0.2, 0.25) is 0 Å². The molecule has 0 bridgehead atoms. The van der Waals surface area contributed by atoms with Crippen LogP contribution in [-0.2, 0) is 28.8 Å². The van der Waals surface area contributed by atoms with Gasteiger partial charge in [0.1, 0.15) is 11.5 Å². The average molecular weight is 569 g/mol. The Bertz CT molecular complexity index is 1910. The summed E-state index contributed by atoms with van der Waals surface area (Å²) in [5.74, 6) is -0.359. The minimum atomic E-state index is -5.92. The van der Waals surface area contributed by atoms with Gasteiger partial charge in [0.25, 0.3) is 0 Å². The lowest BCUT2D eigenvalue weighted by atomic mass is 10.1. The molecule has 0 aromatic heterocycles. The van der Waals surface area contributed by atoms with Crippen LogP contribution in [0.1, 0.15) is 5.56 Å². The summed E-state index contributed by atoms with van der Waals surface area (Å²) in [5.41, 5.74) is -0.996. The molecule has 5 aromatic rings. The van der Waals surface area contributed by atoms with Gasteiger partial charge in [-0.05, 0) is 35.0 Å². The van der Waals surface area contributed by atoms with Gasteiger partial charge in [-0.25, -0.2) is 5.26 Å². The molecule has 0 amide bonds. The summed E-state index contributed by atoms with van der Waals surface area (Å²) in [7, 11) is -11.7. The van der Waals surface area contributed by atoms with Crippen LogP contribution in [0.15, 0.2) is 103 Å². The normalized spacial score (nSPS) is 13.7. The molecule has 0 radical (unpaired) electrons. The van der Waals surface area contributed by atoms with Crippen molar-refractivity contribution in [1.29, 1.82) is 0 Å². The summed E-state index contributed by atoms with van der Waals surface area (Å²) >= 11 is 0. The van der Waals surface area contributed by atoms with Crippen molar-refractivity contribution < 1.29 is 45.6 Å². The Morgan fingerprint density at radius 1 is 0.590 bits per heavy atom. The van der Waals surface area contributed by atoms with E-state index in [1.165, 1.54) is 18.2 Å². The first-order chi connectivity index (χ1) is 18.6. The van der Waals surface area contributed by atoms with Crippen molar-refractivity contribution in [1.82, 2.24) is 0 Å². The lowest BCUT2D eigenvalue weighted by Crippen LogP contribution is -2.44. The molecule has 5 aromatic carbocycles. The average Bonchev–Trinajstić information content (AvgIpc) is 2.93. The molecule has 0 saturated carbocycles. The first-order valence-corrected chi connectivity index (χ1v) is 14.1. The molecular formula is C27H20O10S2. The molecule has 0 saturated heterocycles. The van der Waals surface area contributed by atoms with E-state index in [0.717, 1.165) is 16.8 Å². The highest BCUT2D eigenvalue weighted by Crippen LogP contribution is 2.47. The first-order valence-electron chi connectivity index (χ1n) is 11.3. The number of fused-ring (bicyclic) bond motifs is 2. The number of aliphatic hydroxyl groups is 1. The summed E-state index contributed by atoms with van der Waals surface area (Å²) in [5, 5.41) is 22.8. The number of para-hydroxylation sites is 1. The van der Waals surface area contributed by atoms with Crippen LogP contribution in [0.5, 0.6) is 23.0 Å². The Hall–Kier alpha value is -4.04. The maximum atomic E-state index is 12.6. The first kappa shape index (κ1) is 26.6. The molecule has 10 nitrogen and oxygen atoms in total. The highest BCUT2D eigenvalue weighted by atomic mass is 32.3. The molecule has 0 spiro atoms. The van der Waals surface area contributed by atoms with E-state index >= 15 is 0 Å². The van der Waals surface area contributed by atoms with E-state index in [1.807, 2.05) is 18.2 Å². The molecule has 0 fully saturated rings. The fourth-order valence-corrected chi connectivity index (χ4v) is 6.29. The third-order valence-corrected chi connectivity index (χ3v) is 9.29. The SMILES string of the molecule is O=S(=O)(O)C(O)(c1cccc(Oc2cccc3ccccc23)c1Oc1cccc2ccccc12)S(=O)(=O)OO. The van der Waals surface area contributed by atoms with Crippen molar-refractivity contribution in [3.63, 3.8) is 0 Å². The lowest BCUT2D eigenvalue weighted by Gasteiger charge is -2.26. The fraction of sp³-hybridized carbons (Fsp3) is 0.0370. The van der Waals surface area contributed by atoms with Crippen molar-refractivity contribution in [3.8, 4) is 23.0 Å². The van der Waals surface area contributed by atoms with Crippen LogP contribution >= 0.6 is 0 Å². The van der Waals surface area contributed by atoms with Gasteiger partial charge in [-0.2, -0.15) is 16.8 Å². The van der Waals surface area contributed by atoms with Crippen molar-refractivity contribution in [2.24, 2.45) is 0 Å². The van der Waals surface area contributed by atoms with Crippen molar-refractivity contribution >= 4 is 41.8 Å². The van der Waals surface area contributed by atoms with Gasteiger partial charge in [0.05, 0.1) is 5.56 Å². The molecule has 0 heterocycles. The van der Waals surface area contributed by atoms with Crippen molar-refractivity contribution in [2.75, 3.05) is 0 Å². The standard InChI is InChI=1S/C27H20O10S2/c28-27(38(30,31)32,39(33,34)37-29)22-14-7-17-25(35-23-15-5-10-18-8-1-3-12-20(18)23)26(22)36-24-16-6-11-19-9-2-4-13-21(19)24/h1-17,28-29H,(H,30,31,32). The molecule has 0 aliphatic carbocycles. The molecule has 0 aliphatic rings. The minimum absolute atomic E-state index is 0.142. The molecule has 200 valence electrons. The van der Waals surface area contributed by atoms with Crippen molar-refractivity contribution in [2.45, 2.75) is 4.27 Å². The zero-order valence-corrected chi connectivity index (χ0v) is 21.5. The Balaban J connectivity index is 1.79. The number of rotatable bonds is 8. The minimum Gasteiger partial charge on any atom is -0.453 e. The Kier molecular flexibility index (Phi) is 6.76. The summed E-state index contributed by atoms with van der Waals surface area (Å²) in [6.45, 7) is 0. The van der Waals surface area contributed by atoms with Crippen LogP contribution in [0, 0.1) is 0 Å². The number of hydrogen-bond donors (Lipinski definition) is 3. The van der Waals surface area contributed by atoms with Gasteiger partial charge < -0.3 is 14.6 Å². The topological polar surface area (TPSA) is 157 Å². The second-order valence-corrected chi connectivity index (χ2v) is 11.8. The summed E-state index contributed by atoms with van der Waals surface area (Å²) in [6.07, 6.45) is 0. The summed E-state index contributed by atoms with van der Waals surface area (Å²) in [4.78, 5) is 0. The third kappa shape index (κ3) is 4.59. The Morgan fingerprint density at radius 2 is 1.05 bits per heavy atom. The van der Waals surface area contributed by atoms with Crippen LogP contribution in [0.3, 0.4) is 0 Å². The highest BCUT2D eigenvalue weighted by Gasteiger charge is 2.59. The van der Waals surface area contributed by atoms with E-state index < -0.39 is 35.8 Å². The van der Waals surface area contributed by atoms with Gasteiger partial charge in [-0.15, -0.1) is 4.33 Å². The maximum Gasteiger partial charge on any atom is 0.351 e. The molecule has 1 unspecified atom stereocenters. The van der Waals surface area contributed by atoms with Gasteiger partial charge in [0.2, 0.25) is 0 Å². The summed E-state index contributed by atoms with van der Waals surface area (Å²) in [6, 6.07) is 27.8. The molecule has 39 heavy (non-hydrogen) atoms. The van der Waals surface area contributed by atoms with Crippen LogP contribution in [-0.4, -0.2) is 31.8 Å². The Labute approximate surface area is 223 Å². The Morgan fingerprint density at radius 3 is 1.59 bits per heavy atom. The van der Waals surface area contributed by atoms with Gasteiger partial charge in [-0.3, -0.25) is 4.55 Å². The van der Waals surface area contributed by atoms with E-state index in [1.54, 1.807) is 60.7 Å². The van der Waals surface area contributed by atoms with Crippen LogP contribution < -0.4 is 9.47 Å². The summed E-state index contributed by atoms with van der Waals surface area (Å²) < 4.78 is 71.1. The van der Waals surface area contributed by atoms with Crippen molar-refractivity contribution in [3.05, 3.63) is 109 Å².